The van der Waals surface area contributed by atoms with Crippen molar-refractivity contribution in [3.8, 4) is 5.69 Å². The van der Waals surface area contributed by atoms with Crippen molar-refractivity contribution in [1.29, 1.82) is 0 Å². The minimum atomic E-state index is -0.654. The van der Waals surface area contributed by atoms with Gasteiger partial charge < -0.3 is 14.3 Å². The standard InChI is InChI=1S/C24H21N3O3/c1-3-5-18-6-4-7-19-14-21(24(29)30-22(18)19)23(28)26-16(2)17-8-10-20(11-9-17)27-13-12-25-15-27/h3-4,6-16H,1,5H2,2H3,(H,26,28)/t16-/m1/s1. The second-order valence-electron chi connectivity index (χ2n) is 7.03. The summed E-state index contributed by atoms with van der Waals surface area (Å²) >= 11 is 0. The van der Waals surface area contributed by atoms with Crippen molar-refractivity contribution in [2.75, 3.05) is 0 Å². The highest BCUT2D eigenvalue weighted by atomic mass is 16.4. The van der Waals surface area contributed by atoms with E-state index in [4.69, 9.17) is 4.42 Å². The molecule has 4 rings (SSSR count). The monoisotopic (exact) mass is 399 g/mol. The van der Waals surface area contributed by atoms with Crippen LogP contribution in [0, 0.1) is 0 Å². The molecule has 0 bridgehead atoms. The number of hydrogen-bond acceptors (Lipinski definition) is 4. The first-order valence-electron chi connectivity index (χ1n) is 9.62. The molecule has 2 aromatic carbocycles. The average molecular weight is 399 g/mol. The van der Waals surface area contributed by atoms with E-state index in [1.165, 1.54) is 0 Å². The Labute approximate surface area is 173 Å². The Kier molecular flexibility index (Phi) is 5.30. The van der Waals surface area contributed by atoms with Crippen LogP contribution in [0.5, 0.6) is 0 Å². The predicted molar refractivity (Wildman–Crippen MR) is 116 cm³/mol. The van der Waals surface area contributed by atoms with Gasteiger partial charge in [0.15, 0.2) is 0 Å². The number of carbonyl (C=O) groups excluding carboxylic acids is 1. The molecule has 1 atom stereocenters. The zero-order valence-corrected chi connectivity index (χ0v) is 16.5. The number of para-hydroxylation sites is 1. The molecule has 0 radical (unpaired) electrons. The number of nitrogens with one attached hydrogen (secondary N) is 1. The molecule has 0 aliphatic heterocycles. The summed E-state index contributed by atoms with van der Waals surface area (Å²) in [6, 6.07) is 14.6. The fourth-order valence-electron chi connectivity index (χ4n) is 3.38. The van der Waals surface area contributed by atoms with Crippen molar-refractivity contribution >= 4 is 16.9 Å². The van der Waals surface area contributed by atoms with Gasteiger partial charge in [-0.3, -0.25) is 4.79 Å². The van der Waals surface area contributed by atoms with E-state index < -0.39 is 11.5 Å². The Balaban J connectivity index is 1.56. The van der Waals surface area contributed by atoms with Gasteiger partial charge in [0, 0.05) is 23.5 Å². The van der Waals surface area contributed by atoms with Gasteiger partial charge in [-0.25, -0.2) is 9.78 Å². The Hall–Kier alpha value is -3.93. The number of hydrogen-bond donors (Lipinski definition) is 1. The number of carbonyl (C=O) groups is 1. The van der Waals surface area contributed by atoms with Crippen molar-refractivity contribution in [1.82, 2.24) is 14.9 Å². The summed E-state index contributed by atoms with van der Waals surface area (Å²) in [6.45, 7) is 5.59. The van der Waals surface area contributed by atoms with E-state index in [-0.39, 0.29) is 11.6 Å². The zero-order valence-electron chi connectivity index (χ0n) is 16.5. The molecule has 6 heteroatoms. The van der Waals surface area contributed by atoms with Crippen molar-refractivity contribution in [2.45, 2.75) is 19.4 Å². The maximum atomic E-state index is 12.8. The summed E-state index contributed by atoms with van der Waals surface area (Å²) in [4.78, 5) is 29.3. The van der Waals surface area contributed by atoms with E-state index in [1.807, 2.05) is 60.2 Å². The number of rotatable bonds is 6. The topological polar surface area (TPSA) is 77.1 Å². The molecule has 0 saturated carbocycles. The molecule has 0 spiro atoms. The number of amides is 1. The average Bonchev–Trinajstić information content (AvgIpc) is 3.29. The third-order valence-electron chi connectivity index (χ3n) is 4.99. The number of allylic oxidation sites excluding steroid dienone is 1. The van der Waals surface area contributed by atoms with Gasteiger partial charge in [0.05, 0.1) is 12.4 Å². The molecule has 150 valence electrons. The molecule has 2 aromatic heterocycles. The van der Waals surface area contributed by atoms with Crippen LogP contribution >= 0.6 is 0 Å². The van der Waals surface area contributed by atoms with Gasteiger partial charge in [-0.05, 0) is 42.7 Å². The molecular formula is C24H21N3O3. The lowest BCUT2D eigenvalue weighted by molar-refractivity contribution is 0.0936. The van der Waals surface area contributed by atoms with Crippen molar-refractivity contribution in [3.63, 3.8) is 0 Å². The zero-order chi connectivity index (χ0) is 21.1. The number of fused-ring (bicyclic) bond motifs is 1. The van der Waals surface area contributed by atoms with Crippen LogP contribution < -0.4 is 10.9 Å². The van der Waals surface area contributed by atoms with Crippen LogP contribution in [-0.2, 0) is 6.42 Å². The van der Waals surface area contributed by atoms with Gasteiger partial charge in [-0.15, -0.1) is 6.58 Å². The second-order valence-corrected chi connectivity index (χ2v) is 7.03. The molecule has 0 aliphatic carbocycles. The largest absolute Gasteiger partial charge is 0.422 e. The van der Waals surface area contributed by atoms with Gasteiger partial charge in [0.1, 0.15) is 11.1 Å². The fourth-order valence-corrected chi connectivity index (χ4v) is 3.38. The molecule has 0 saturated heterocycles. The predicted octanol–water partition coefficient (Wildman–Crippen LogP) is 4.20. The van der Waals surface area contributed by atoms with E-state index in [1.54, 1.807) is 24.7 Å². The third-order valence-corrected chi connectivity index (χ3v) is 4.99. The SMILES string of the molecule is C=CCc1cccc2cc(C(=O)N[C@H](C)c3ccc(-n4ccnc4)cc3)c(=O)oc12. The normalized spacial score (nSPS) is 11.9. The molecule has 30 heavy (non-hydrogen) atoms. The lowest BCUT2D eigenvalue weighted by atomic mass is 10.1. The molecule has 0 unspecified atom stereocenters. The van der Waals surface area contributed by atoms with E-state index >= 15 is 0 Å². The molecule has 0 fully saturated rings. The molecule has 6 nitrogen and oxygen atoms in total. The van der Waals surface area contributed by atoms with Gasteiger partial charge in [0.2, 0.25) is 0 Å². The van der Waals surface area contributed by atoms with Crippen LogP contribution in [0.3, 0.4) is 0 Å². The van der Waals surface area contributed by atoms with Gasteiger partial charge >= 0.3 is 5.63 Å². The first kappa shape index (κ1) is 19.4. The summed E-state index contributed by atoms with van der Waals surface area (Å²) in [5.74, 6) is -0.467. The first-order valence-corrected chi connectivity index (χ1v) is 9.62. The fraction of sp³-hybridized carbons (Fsp3) is 0.125. The Morgan fingerprint density at radius 2 is 2.07 bits per heavy atom. The second kappa shape index (κ2) is 8.21. The summed E-state index contributed by atoms with van der Waals surface area (Å²) < 4.78 is 7.37. The highest BCUT2D eigenvalue weighted by Gasteiger charge is 2.17. The van der Waals surface area contributed by atoms with Crippen LogP contribution in [0.4, 0.5) is 0 Å². The van der Waals surface area contributed by atoms with E-state index in [9.17, 15) is 9.59 Å². The Morgan fingerprint density at radius 3 is 2.77 bits per heavy atom. The lowest BCUT2D eigenvalue weighted by Crippen LogP contribution is -2.30. The first-order chi connectivity index (χ1) is 14.6. The van der Waals surface area contributed by atoms with Crippen molar-refractivity contribution < 1.29 is 9.21 Å². The molecular weight excluding hydrogens is 378 g/mol. The van der Waals surface area contributed by atoms with E-state index in [0.717, 1.165) is 16.8 Å². The Bertz CT molecular complexity index is 1260. The molecule has 2 heterocycles. The van der Waals surface area contributed by atoms with Crippen LogP contribution in [-0.4, -0.2) is 15.5 Å². The molecule has 1 N–H and O–H groups in total. The highest BCUT2D eigenvalue weighted by molar-refractivity contribution is 5.97. The maximum absolute atomic E-state index is 12.8. The summed E-state index contributed by atoms with van der Waals surface area (Å²) in [5.41, 5.74) is 2.57. The number of benzene rings is 2. The maximum Gasteiger partial charge on any atom is 0.349 e. The highest BCUT2D eigenvalue weighted by Crippen LogP contribution is 2.20. The van der Waals surface area contributed by atoms with Crippen molar-refractivity contribution in [2.24, 2.45) is 0 Å². The minimum Gasteiger partial charge on any atom is -0.422 e. The van der Waals surface area contributed by atoms with Crippen LogP contribution in [0.2, 0.25) is 0 Å². The van der Waals surface area contributed by atoms with Crippen molar-refractivity contribution in [3.05, 3.63) is 107 Å². The lowest BCUT2D eigenvalue weighted by Gasteiger charge is -2.15. The summed E-state index contributed by atoms with van der Waals surface area (Å²) in [5, 5.41) is 3.58. The van der Waals surface area contributed by atoms with E-state index in [2.05, 4.69) is 16.9 Å². The van der Waals surface area contributed by atoms with Gasteiger partial charge in [-0.1, -0.05) is 36.4 Å². The molecule has 1 amide bonds. The summed E-state index contributed by atoms with van der Waals surface area (Å²) in [7, 11) is 0. The van der Waals surface area contributed by atoms with Gasteiger partial charge in [-0.2, -0.15) is 0 Å². The molecule has 0 aliphatic rings. The van der Waals surface area contributed by atoms with Crippen LogP contribution in [0.1, 0.15) is 34.5 Å². The quantitative estimate of drug-likeness (QED) is 0.389. The van der Waals surface area contributed by atoms with E-state index in [0.29, 0.717) is 17.4 Å². The number of aromatic nitrogens is 2. The minimum absolute atomic E-state index is 0.0138. The third kappa shape index (κ3) is 3.80. The van der Waals surface area contributed by atoms with Crippen LogP contribution in [0.25, 0.3) is 16.7 Å². The number of imidazole rings is 1. The summed E-state index contributed by atoms with van der Waals surface area (Å²) in [6.07, 6.45) is 7.62. The van der Waals surface area contributed by atoms with Crippen LogP contribution in [0.15, 0.2) is 89.1 Å². The Morgan fingerprint density at radius 1 is 1.27 bits per heavy atom. The smallest absolute Gasteiger partial charge is 0.349 e. The van der Waals surface area contributed by atoms with Gasteiger partial charge in [0.25, 0.3) is 5.91 Å². The number of nitrogens with zero attached hydrogens (tertiary/aromatic N) is 2. The molecule has 4 aromatic rings.